The first-order chi connectivity index (χ1) is 7.24. The van der Waals surface area contributed by atoms with Gasteiger partial charge in [-0.2, -0.15) is 5.10 Å². The van der Waals surface area contributed by atoms with Gasteiger partial charge in [0.05, 0.1) is 10.2 Å². The van der Waals surface area contributed by atoms with Crippen LogP contribution in [0.25, 0.3) is 10.2 Å². The Morgan fingerprint density at radius 1 is 1.44 bits per heavy atom. The molecule has 1 aromatic carbocycles. The summed E-state index contributed by atoms with van der Waals surface area (Å²) >= 11 is 1.60. The number of hydrogen-bond acceptors (Lipinski definition) is 5. The van der Waals surface area contributed by atoms with Gasteiger partial charge in [-0.3, -0.25) is 0 Å². The van der Waals surface area contributed by atoms with Crippen molar-refractivity contribution in [2.24, 2.45) is 23.3 Å². The molecular formula is C8H11ClN4O2S. The number of aromatic nitrogens is 1. The lowest BCUT2D eigenvalue weighted by atomic mass is 10.3. The van der Waals surface area contributed by atoms with E-state index in [1.165, 1.54) is 15.6 Å². The van der Waals surface area contributed by atoms with Gasteiger partial charge in [-0.05, 0) is 12.1 Å². The molecule has 2 aromatic rings. The summed E-state index contributed by atoms with van der Waals surface area (Å²) in [6, 6.07) is 8.14. The van der Waals surface area contributed by atoms with Crippen LogP contribution >= 0.6 is 23.7 Å². The van der Waals surface area contributed by atoms with Crippen LogP contribution in [0.15, 0.2) is 34.7 Å². The average Bonchev–Trinajstić information content (AvgIpc) is 2.57. The van der Waals surface area contributed by atoms with E-state index in [2.05, 4.69) is 17.2 Å². The standard InChI is InChI=1S/C8H9N3S.ClH.HNO2/c1-11-6-4-2-3-5-7(6)12-8(11)10-9;;2-1-3/h2-5H,9H2,1H3;1H;(H,2,3). The molecular weight excluding hydrogens is 252 g/mol. The number of benzene rings is 1. The van der Waals surface area contributed by atoms with E-state index in [0.717, 1.165) is 4.80 Å². The number of thiazole rings is 1. The molecule has 0 aliphatic carbocycles. The first-order valence-electron chi connectivity index (χ1n) is 3.99. The van der Waals surface area contributed by atoms with Gasteiger partial charge in [0.2, 0.25) is 4.80 Å². The predicted octanol–water partition coefficient (Wildman–Crippen LogP) is 1.58. The number of halogens is 1. The van der Waals surface area contributed by atoms with E-state index < -0.39 is 0 Å². The molecule has 0 radical (unpaired) electrons. The van der Waals surface area contributed by atoms with Crippen molar-refractivity contribution < 1.29 is 5.21 Å². The highest BCUT2D eigenvalue weighted by Crippen LogP contribution is 2.14. The second kappa shape index (κ2) is 6.81. The van der Waals surface area contributed by atoms with Gasteiger partial charge >= 0.3 is 0 Å². The van der Waals surface area contributed by atoms with Crippen molar-refractivity contribution in [3.05, 3.63) is 34.0 Å². The van der Waals surface area contributed by atoms with Crippen LogP contribution in [-0.4, -0.2) is 9.77 Å². The summed E-state index contributed by atoms with van der Waals surface area (Å²) in [6.45, 7) is 0. The SMILES string of the molecule is Cl.Cn1c(=NN)sc2ccccc21.O=NO. The molecule has 0 aliphatic heterocycles. The smallest absolute Gasteiger partial charge is 0.208 e. The Morgan fingerprint density at radius 3 is 2.50 bits per heavy atom. The average molecular weight is 263 g/mol. The molecule has 88 valence electrons. The summed E-state index contributed by atoms with van der Waals surface area (Å²) in [5.41, 5.74) is 1.17. The van der Waals surface area contributed by atoms with Crippen molar-refractivity contribution in [2.75, 3.05) is 0 Å². The van der Waals surface area contributed by atoms with E-state index >= 15 is 0 Å². The Bertz CT molecular complexity index is 522. The topological polar surface area (TPSA) is 93.0 Å². The van der Waals surface area contributed by atoms with Gasteiger partial charge in [-0.1, -0.05) is 23.5 Å². The van der Waals surface area contributed by atoms with Gasteiger partial charge in [0, 0.05) is 7.05 Å². The molecule has 0 aliphatic rings. The quantitative estimate of drug-likeness (QED) is 0.429. The van der Waals surface area contributed by atoms with Crippen LogP contribution in [0.2, 0.25) is 0 Å². The van der Waals surface area contributed by atoms with E-state index in [9.17, 15) is 0 Å². The van der Waals surface area contributed by atoms with Crippen molar-refractivity contribution in [3.63, 3.8) is 0 Å². The van der Waals surface area contributed by atoms with Gasteiger partial charge in [0.1, 0.15) is 0 Å². The lowest BCUT2D eigenvalue weighted by molar-refractivity contribution is 0.312. The van der Waals surface area contributed by atoms with Gasteiger partial charge in [0.15, 0.2) is 5.34 Å². The van der Waals surface area contributed by atoms with Crippen molar-refractivity contribution in [3.8, 4) is 0 Å². The van der Waals surface area contributed by atoms with Crippen LogP contribution in [0.4, 0.5) is 0 Å². The largest absolute Gasteiger partial charge is 0.379 e. The van der Waals surface area contributed by atoms with Gasteiger partial charge in [-0.15, -0.1) is 17.3 Å². The number of fused-ring (bicyclic) bond motifs is 1. The second-order valence-corrected chi connectivity index (χ2v) is 3.63. The third-order valence-electron chi connectivity index (χ3n) is 1.83. The van der Waals surface area contributed by atoms with Gasteiger partial charge in [-0.25, -0.2) is 0 Å². The predicted molar refractivity (Wildman–Crippen MR) is 65.4 cm³/mol. The minimum absolute atomic E-state index is 0. The number of aryl methyl sites for hydroxylation is 1. The molecule has 2 rings (SSSR count). The van der Waals surface area contributed by atoms with Crippen LogP contribution < -0.4 is 10.6 Å². The van der Waals surface area contributed by atoms with Crippen LogP contribution in [0.5, 0.6) is 0 Å². The zero-order chi connectivity index (χ0) is 11.3. The maximum absolute atomic E-state index is 8.11. The third-order valence-corrected chi connectivity index (χ3v) is 2.95. The Balaban J connectivity index is 0.000000511. The van der Waals surface area contributed by atoms with E-state index in [1.54, 1.807) is 11.3 Å². The highest BCUT2D eigenvalue weighted by Gasteiger charge is 1.99. The molecule has 0 fully saturated rings. The Labute approximate surface area is 101 Å². The number of hydrogen-bond donors (Lipinski definition) is 2. The van der Waals surface area contributed by atoms with E-state index in [4.69, 9.17) is 16.0 Å². The first kappa shape index (κ1) is 14.4. The molecule has 3 N–H and O–H groups in total. The molecule has 0 amide bonds. The fraction of sp³-hybridized carbons (Fsp3) is 0.125. The Morgan fingerprint density at radius 2 is 2.00 bits per heavy atom. The molecule has 16 heavy (non-hydrogen) atoms. The normalized spacial score (nSPS) is 10.2. The molecule has 1 aromatic heterocycles. The van der Waals surface area contributed by atoms with Gasteiger partial charge < -0.3 is 15.6 Å². The summed E-state index contributed by atoms with van der Waals surface area (Å²) in [4.78, 5) is 8.95. The second-order valence-electron chi connectivity index (χ2n) is 2.62. The van der Waals surface area contributed by atoms with Crippen molar-refractivity contribution >= 4 is 34.0 Å². The molecule has 0 unspecified atom stereocenters. The summed E-state index contributed by atoms with van der Waals surface area (Å²) in [5.74, 6) is 5.23. The molecule has 1 heterocycles. The fourth-order valence-electron chi connectivity index (χ4n) is 1.20. The zero-order valence-corrected chi connectivity index (χ0v) is 10.0. The van der Waals surface area contributed by atoms with E-state index in [1.807, 2.05) is 23.7 Å². The molecule has 0 bridgehead atoms. The Hall–Kier alpha value is -1.60. The van der Waals surface area contributed by atoms with Crippen molar-refractivity contribution in [2.45, 2.75) is 0 Å². The summed E-state index contributed by atoms with van der Waals surface area (Å²) in [6.07, 6.45) is 0. The highest BCUT2D eigenvalue weighted by molar-refractivity contribution is 7.16. The molecule has 0 saturated heterocycles. The maximum atomic E-state index is 8.11. The first-order valence-corrected chi connectivity index (χ1v) is 4.81. The third kappa shape index (κ3) is 2.94. The minimum atomic E-state index is 0. The van der Waals surface area contributed by atoms with Crippen molar-refractivity contribution in [1.29, 1.82) is 0 Å². The Kier molecular flexibility index (Phi) is 6.12. The summed E-state index contributed by atoms with van der Waals surface area (Å²) in [5, 5.41) is 11.6. The monoisotopic (exact) mass is 262 g/mol. The van der Waals surface area contributed by atoms with Gasteiger partial charge in [0.25, 0.3) is 0 Å². The maximum Gasteiger partial charge on any atom is 0.208 e. The van der Waals surface area contributed by atoms with Crippen LogP contribution in [0.1, 0.15) is 0 Å². The van der Waals surface area contributed by atoms with E-state index in [0.29, 0.717) is 0 Å². The number of para-hydroxylation sites is 1. The minimum Gasteiger partial charge on any atom is -0.379 e. The van der Waals surface area contributed by atoms with Crippen molar-refractivity contribution in [1.82, 2.24) is 4.57 Å². The van der Waals surface area contributed by atoms with Crippen LogP contribution in [-0.2, 0) is 7.05 Å². The van der Waals surface area contributed by atoms with Crippen LogP contribution in [0.3, 0.4) is 0 Å². The molecule has 0 saturated carbocycles. The highest BCUT2D eigenvalue weighted by atomic mass is 35.5. The zero-order valence-electron chi connectivity index (χ0n) is 8.40. The lowest BCUT2D eigenvalue weighted by Crippen LogP contribution is -2.11. The molecule has 8 heteroatoms. The number of nitrogens with zero attached hydrogens (tertiary/aromatic N) is 3. The number of rotatable bonds is 0. The molecule has 0 atom stereocenters. The molecule has 0 spiro atoms. The number of nitrogens with two attached hydrogens (primary N) is 1. The summed E-state index contributed by atoms with van der Waals surface area (Å²) in [7, 11) is 1.96. The molecule has 6 nitrogen and oxygen atoms in total. The van der Waals surface area contributed by atoms with Crippen LogP contribution in [0, 0.1) is 4.91 Å². The summed E-state index contributed by atoms with van der Waals surface area (Å²) < 4.78 is 3.20. The fourth-order valence-corrected chi connectivity index (χ4v) is 2.14. The van der Waals surface area contributed by atoms with E-state index in [-0.39, 0.29) is 12.4 Å². The lowest BCUT2D eigenvalue weighted by Gasteiger charge is -1.91.